The Morgan fingerprint density at radius 3 is 2.85 bits per heavy atom. The number of nitrogens with zero attached hydrogens (tertiary/aromatic N) is 6. The van der Waals surface area contributed by atoms with Gasteiger partial charge in [0.15, 0.2) is 5.78 Å². The predicted octanol–water partition coefficient (Wildman–Crippen LogP) is 2.53. The van der Waals surface area contributed by atoms with Crippen molar-refractivity contribution in [1.82, 2.24) is 24.1 Å². The molecule has 1 aliphatic rings. The molecule has 1 fully saturated rings. The summed E-state index contributed by atoms with van der Waals surface area (Å²) in [6.45, 7) is 2.65. The number of benzene rings is 1. The van der Waals surface area contributed by atoms with Gasteiger partial charge in [0.1, 0.15) is 23.5 Å². The third kappa shape index (κ3) is 3.72. The van der Waals surface area contributed by atoms with Crippen molar-refractivity contribution in [2.75, 3.05) is 23.7 Å². The van der Waals surface area contributed by atoms with Crippen molar-refractivity contribution in [3.05, 3.63) is 75.3 Å². The summed E-state index contributed by atoms with van der Waals surface area (Å²) in [7, 11) is 0. The lowest BCUT2D eigenvalue weighted by atomic mass is 9.90. The number of ketones is 1. The number of carbonyl (C=O) groups excluding carboxylic acids is 1. The smallest absolute Gasteiger partial charge is 0.283 e. The standard InChI is InChI=1S/C22H19ClFN7O2/c1-12(32)16-8-26-22(25)28-20(16)29-9-13(10-29)6-14-7-15(24)2-3-18(14)30-11-27-31-5-4-17(23)19(31)21(30)33/h2-5,7-8,11,13H,6,9-10H2,1H3,(H2,25,26,28). The van der Waals surface area contributed by atoms with Crippen molar-refractivity contribution in [1.29, 1.82) is 0 Å². The third-order valence-corrected chi connectivity index (χ3v) is 6.07. The summed E-state index contributed by atoms with van der Waals surface area (Å²) in [6, 6.07) is 5.90. The SMILES string of the molecule is CC(=O)c1cnc(N)nc1N1CC(Cc2cc(F)ccc2-n2cnn3ccc(Cl)c3c2=O)C1. The van der Waals surface area contributed by atoms with Crippen molar-refractivity contribution in [3.63, 3.8) is 0 Å². The van der Waals surface area contributed by atoms with Gasteiger partial charge >= 0.3 is 0 Å². The summed E-state index contributed by atoms with van der Waals surface area (Å²) >= 11 is 6.16. The van der Waals surface area contributed by atoms with Crippen molar-refractivity contribution < 1.29 is 9.18 Å². The van der Waals surface area contributed by atoms with E-state index in [9.17, 15) is 14.0 Å². The molecule has 0 spiro atoms. The minimum atomic E-state index is -0.393. The fraction of sp³-hybridized carbons (Fsp3) is 0.227. The quantitative estimate of drug-likeness (QED) is 0.449. The number of anilines is 2. The molecule has 9 nitrogen and oxygen atoms in total. The number of nitrogens with two attached hydrogens (primary N) is 1. The maximum absolute atomic E-state index is 14.1. The van der Waals surface area contributed by atoms with Crippen LogP contribution in [0, 0.1) is 11.7 Å². The Kier molecular flexibility index (Phi) is 5.09. The van der Waals surface area contributed by atoms with E-state index in [0.29, 0.717) is 47.2 Å². The zero-order valence-electron chi connectivity index (χ0n) is 17.6. The van der Waals surface area contributed by atoms with Crippen LogP contribution in [0.15, 0.2) is 47.8 Å². The van der Waals surface area contributed by atoms with Crippen LogP contribution in [0.4, 0.5) is 16.2 Å². The van der Waals surface area contributed by atoms with Gasteiger partial charge in [0.2, 0.25) is 5.95 Å². The van der Waals surface area contributed by atoms with Crippen molar-refractivity contribution in [3.8, 4) is 5.69 Å². The second-order valence-corrected chi connectivity index (χ2v) is 8.44. The van der Waals surface area contributed by atoms with E-state index in [4.69, 9.17) is 17.3 Å². The van der Waals surface area contributed by atoms with Crippen molar-refractivity contribution >= 4 is 34.7 Å². The molecule has 0 radical (unpaired) electrons. The molecule has 4 heterocycles. The van der Waals surface area contributed by atoms with E-state index < -0.39 is 5.82 Å². The summed E-state index contributed by atoms with van der Waals surface area (Å²) in [5.74, 6) is 0.213. The number of hydrogen-bond donors (Lipinski definition) is 1. The molecule has 0 aliphatic carbocycles. The fourth-order valence-electron chi connectivity index (χ4n) is 4.15. The molecule has 5 rings (SSSR count). The van der Waals surface area contributed by atoms with Crippen LogP contribution in [0.3, 0.4) is 0 Å². The normalized spacial score (nSPS) is 14.0. The second-order valence-electron chi connectivity index (χ2n) is 8.03. The van der Waals surface area contributed by atoms with Gasteiger partial charge in [-0.2, -0.15) is 10.1 Å². The molecule has 1 aromatic carbocycles. The molecule has 0 saturated carbocycles. The summed E-state index contributed by atoms with van der Waals surface area (Å²) < 4.78 is 16.9. The van der Waals surface area contributed by atoms with Gasteiger partial charge in [-0.3, -0.25) is 14.2 Å². The van der Waals surface area contributed by atoms with E-state index in [1.54, 1.807) is 18.3 Å². The number of hydrogen-bond acceptors (Lipinski definition) is 7. The lowest BCUT2D eigenvalue weighted by Gasteiger charge is -2.41. The molecule has 1 saturated heterocycles. The van der Waals surface area contributed by atoms with E-state index in [0.717, 1.165) is 0 Å². The van der Waals surface area contributed by atoms with Gasteiger partial charge < -0.3 is 10.6 Å². The molecule has 4 aromatic rings. The van der Waals surface area contributed by atoms with Crippen molar-refractivity contribution in [2.24, 2.45) is 5.92 Å². The molecular formula is C22H19ClFN7O2. The van der Waals surface area contributed by atoms with Crippen LogP contribution in [0.2, 0.25) is 5.02 Å². The summed E-state index contributed by atoms with van der Waals surface area (Å²) in [6.07, 6.45) is 4.96. The number of carbonyl (C=O) groups is 1. The summed E-state index contributed by atoms with van der Waals surface area (Å²) in [4.78, 5) is 35.0. The minimum absolute atomic E-state index is 0.0946. The van der Waals surface area contributed by atoms with E-state index in [-0.39, 0.29) is 28.7 Å². The Bertz CT molecular complexity index is 1460. The monoisotopic (exact) mass is 467 g/mol. The highest BCUT2D eigenvalue weighted by Gasteiger charge is 2.31. The Balaban J connectivity index is 1.43. The molecule has 0 atom stereocenters. The third-order valence-electron chi connectivity index (χ3n) is 5.76. The highest BCUT2D eigenvalue weighted by Crippen LogP contribution is 2.30. The minimum Gasteiger partial charge on any atom is -0.368 e. The van der Waals surface area contributed by atoms with Gasteiger partial charge in [-0.05, 0) is 49.1 Å². The number of nitrogen functional groups attached to an aromatic ring is 1. The second kappa shape index (κ2) is 7.96. The van der Waals surface area contributed by atoms with Gasteiger partial charge in [-0.25, -0.2) is 13.9 Å². The maximum atomic E-state index is 14.1. The number of aromatic nitrogens is 5. The first-order valence-corrected chi connectivity index (χ1v) is 10.6. The molecule has 11 heteroatoms. The Hall–Kier alpha value is -3.79. The Labute approximate surface area is 192 Å². The van der Waals surface area contributed by atoms with E-state index in [1.165, 1.54) is 40.7 Å². The van der Waals surface area contributed by atoms with Crippen LogP contribution in [0.5, 0.6) is 0 Å². The first kappa shape index (κ1) is 21.1. The largest absolute Gasteiger partial charge is 0.368 e. The van der Waals surface area contributed by atoms with Gasteiger partial charge in [-0.15, -0.1) is 0 Å². The van der Waals surface area contributed by atoms with Gasteiger partial charge in [-0.1, -0.05) is 11.6 Å². The number of halogens is 2. The van der Waals surface area contributed by atoms with Crippen molar-refractivity contribution in [2.45, 2.75) is 13.3 Å². The van der Waals surface area contributed by atoms with Gasteiger partial charge in [0.05, 0.1) is 16.3 Å². The number of fused-ring (bicyclic) bond motifs is 1. The van der Waals surface area contributed by atoms with Crippen LogP contribution < -0.4 is 16.2 Å². The molecule has 1 aliphatic heterocycles. The zero-order chi connectivity index (χ0) is 23.3. The Morgan fingerprint density at radius 1 is 1.30 bits per heavy atom. The Morgan fingerprint density at radius 2 is 2.09 bits per heavy atom. The van der Waals surface area contributed by atoms with Crippen LogP contribution in [0.25, 0.3) is 11.2 Å². The first-order chi connectivity index (χ1) is 15.8. The van der Waals surface area contributed by atoms with Gasteiger partial charge in [0.25, 0.3) is 5.56 Å². The molecule has 2 N–H and O–H groups in total. The molecule has 33 heavy (non-hydrogen) atoms. The van der Waals surface area contributed by atoms with Crippen LogP contribution in [-0.4, -0.2) is 43.0 Å². The maximum Gasteiger partial charge on any atom is 0.283 e. The fourth-order valence-corrected chi connectivity index (χ4v) is 4.38. The highest BCUT2D eigenvalue weighted by atomic mass is 35.5. The highest BCUT2D eigenvalue weighted by molar-refractivity contribution is 6.33. The first-order valence-electron chi connectivity index (χ1n) is 10.2. The number of Topliss-reactive ketones (excluding diaryl/α,β-unsaturated/α-hetero) is 1. The molecule has 0 bridgehead atoms. The zero-order valence-corrected chi connectivity index (χ0v) is 18.3. The summed E-state index contributed by atoms with van der Waals surface area (Å²) in [5, 5.41) is 4.53. The number of rotatable bonds is 5. The topological polar surface area (TPSA) is 111 Å². The molecule has 168 valence electrons. The van der Waals surface area contributed by atoms with Crippen LogP contribution >= 0.6 is 11.6 Å². The average Bonchev–Trinajstić information content (AvgIpc) is 3.12. The average molecular weight is 468 g/mol. The van der Waals surface area contributed by atoms with Gasteiger partial charge in [0, 0.05) is 25.5 Å². The van der Waals surface area contributed by atoms with Crippen LogP contribution in [-0.2, 0) is 6.42 Å². The van der Waals surface area contributed by atoms with E-state index in [1.807, 2.05) is 4.90 Å². The molecular weight excluding hydrogens is 449 g/mol. The molecule has 0 unspecified atom stereocenters. The molecule has 0 amide bonds. The van der Waals surface area contributed by atoms with Crippen LogP contribution in [0.1, 0.15) is 22.8 Å². The predicted molar refractivity (Wildman–Crippen MR) is 122 cm³/mol. The summed E-state index contributed by atoms with van der Waals surface area (Å²) in [5.41, 5.74) is 7.24. The lowest BCUT2D eigenvalue weighted by molar-refractivity contribution is 0.101. The lowest BCUT2D eigenvalue weighted by Crippen LogP contribution is -2.49. The molecule has 3 aromatic heterocycles. The van der Waals surface area contributed by atoms with E-state index in [2.05, 4.69) is 15.1 Å². The van der Waals surface area contributed by atoms with E-state index >= 15 is 0 Å².